The van der Waals surface area contributed by atoms with E-state index in [-0.39, 0.29) is 17.0 Å². The van der Waals surface area contributed by atoms with Gasteiger partial charge in [-0.05, 0) is 18.2 Å². The van der Waals surface area contributed by atoms with Crippen molar-refractivity contribution in [1.82, 2.24) is 5.16 Å². The molecule has 7 heteroatoms. The lowest BCUT2D eigenvalue weighted by Crippen LogP contribution is -2.05. The number of aromatic nitrogens is 1. The average molecular weight is 246 g/mol. The lowest BCUT2D eigenvalue weighted by Gasteiger charge is -2.08. The minimum Gasteiger partial charge on any atom is -0.394 e. The van der Waals surface area contributed by atoms with Gasteiger partial charge >= 0.3 is 6.18 Å². The van der Waals surface area contributed by atoms with E-state index in [4.69, 9.17) is 5.73 Å². The normalized spacial score (nSPS) is 11.8. The van der Waals surface area contributed by atoms with Gasteiger partial charge in [-0.25, -0.2) is 4.39 Å². The van der Waals surface area contributed by atoms with Crippen molar-refractivity contribution >= 4 is 5.69 Å². The number of nitrogens with two attached hydrogens (primary N) is 1. The quantitative estimate of drug-likeness (QED) is 0.786. The van der Waals surface area contributed by atoms with Gasteiger partial charge in [-0.1, -0.05) is 5.16 Å². The highest BCUT2D eigenvalue weighted by atomic mass is 19.4. The number of rotatable bonds is 1. The van der Waals surface area contributed by atoms with Crippen LogP contribution in [0.2, 0.25) is 0 Å². The zero-order chi connectivity index (χ0) is 12.6. The van der Waals surface area contributed by atoms with Crippen LogP contribution in [0.15, 0.2) is 28.9 Å². The van der Waals surface area contributed by atoms with Crippen LogP contribution >= 0.6 is 0 Å². The summed E-state index contributed by atoms with van der Waals surface area (Å²) in [6, 6.07) is 1.98. The van der Waals surface area contributed by atoms with E-state index < -0.39 is 17.6 Å². The summed E-state index contributed by atoms with van der Waals surface area (Å²) in [4.78, 5) is 0. The third-order valence-corrected chi connectivity index (χ3v) is 2.14. The predicted molar refractivity (Wildman–Crippen MR) is 51.3 cm³/mol. The van der Waals surface area contributed by atoms with Gasteiger partial charge in [0.15, 0.2) is 5.76 Å². The molecule has 2 N–H and O–H groups in total. The maximum atomic E-state index is 13.4. The maximum absolute atomic E-state index is 13.4. The molecule has 0 radical (unpaired) electrons. The van der Waals surface area contributed by atoms with Gasteiger partial charge in [0.05, 0.1) is 17.3 Å². The summed E-state index contributed by atoms with van der Waals surface area (Å²) in [7, 11) is 0. The maximum Gasteiger partial charge on any atom is 0.416 e. The van der Waals surface area contributed by atoms with Crippen LogP contribution < -0.4 is 5.73 Å². The number of nitrogen functional groups attached to an aromatic ring is 1. The molecule has 0 saturated heterocycles. The largest absolute Gasteiger partial charge is 0.416 e. The lowest BCUT2D eigenvalue weighted by atomic mass is 10.1. The van der Waals surface area contributed by atoms with Gasteiger partial charge in [0.2, 0.25) is 0 Å². The van der Waals surface area contributed by atoms with Crippen molar-refractivity contribution in [3.63, 3.8) is 0 Å². The number of anilines is 1. The SMILES string of the molecule is Nc1cnoc1-c1cc(C(F)(F)F)ccc1F. The Kier molecular flexibility index (Phi) is 2.53. The van der Waals surface area contributed by atoms with Crippen LogP contribution in [0.4, 0.5) is 23.2 Å². The second-order valence-electron chi connectivity index (χ2n) is 3.30. The molecule has 2 rings (SSSR count). The minimum atomic E-state index is -4.56. The highest BCUT2D eigenvalue weighted by molar-refractivity contribution is 5.71. The molecule has 3 nitrogen and oxygen atoms in total. The van der Waals surface area contributed by atoms with Crippen molar-refractivity contribution < 1.29 is 22.1 Å². The van der Waals surface area contributed by atoms with Gasteiger partial charge in [0.25, 0.3) is 0 Å². The first-order chi connectivity index (χ1) is 7.89. The van der Waals surface area contributed by atoms with E-state index in [1.807, 2.05) is 0 Å². The van der Waals surface area contributed by atoms with Gasteiger partial charge < -0.3 is 10.3 Å². The molecule has 0 spiro atoms. The number of hydrogen-bond donors (Lipinski definition) is 1. The van der Waals surface area contributed by atoms with Crippen molar-refractivity contribution in [3.05, 3.63) is 35.8 Å². The molecule has 0 unspecified atom stereocenters. The fraction of sp³-hybridized carbons (Fsp3) is 0.100. The van der Waals surface area contributed by atoms with Crippen molar-refractivity contribution in [2.75, 3.05) is 5.73 Å². The first kappa shape index (κ1) is 11.4. The van der Waals surface area contributed by atoms with E-state index in [2.05, 4.69) is 9.68 Å². The first-order valence-electron chi connectivity index (χ1n) is 4.47. The Hall–Kier alpha value is -2.05. The van der Waals surface area contributed by atoms with E-state index in [1.54, 1.807) is 0 Å². The zero-order valence-corrected chi connectivity index (χ0v) is 8.25. The third kappa shape index (κ3) is 2.08. The molecule has 1 aromatic carbocycles. The number of benzene rings is 1. The van der Waals surface area contributed by atoms with Gasteiger partial charge in [0, 0.05) is 0 Å². The molecule has 1 heterocycles. The van der Waals surface area contributed by atoms with Crippen LogP contribution in [0, 0.1) is 5.82 Å². The molecule has 0 bridgehead atoms. The number of halogens is 4. The van der Waals surface area contributed by atoms with Crippen LogP contribution in [0.3, 0.4) is 0 Å². The van der Waals surface area contributed by atoms with Gasteiger partial charge in [-0.2, -0.15) is 13.2 Å². The first-order valence-corrected chi connectivity index (χ1v) is 4.47. The Morgan fingerprint density at radius 1 is 1.24 bits per heavy atom. The minimum absolute atomic E-state index is 0.0248. The molecule has 1 aromatic heterocycles. The molecule has 0 aliphatic carbocycles. The van der Waals surface area contributed by atoms with Crippen LogP contribution in [0.5, 0.6) is 0 Å². The Morgan fingerprint density at radius 2 is 1.94 bits per heavy atom. The highest BCUT2D eigenvalue weighted by Crippen LogP contribution is 2.35. The van der Waals surface area contributed by atoms with E-state index >= 15 is 0 Å². The van der Waals surface area contributed by atoms with E-state index in [0.29, 0.717) is 18.2 Å². The fourth-order valence-corrected chi connectivity index (χ4v) is 1.33. The molecule has 0 aliphatic rings. The van der Waals surface area contributed by atoms with Crippen molar-refractivity contribution in [2.45, 2.75) is 6.18 Å². The molecule has 0 aliphatic heterocycles. The van der Waals surface area contributed by atoms with Gasteiger partial charge in [-0.3, -0.25) is 0 Å². The smallest absolute Gasteiger partial charge is 0.394 e. The van der Waals surface area contributed by atoms with E-state index in [9.17, 15) is 17.6 Å². The lowest BCUT2D eigenvalue weighted by molar-refractivity contribution is -0.137. The molecule has 0 amide bonds. The monoisotopic (exact) mass is 246 g/mol. The zero-order valence-electron chi connectivity index (χ0n) is 8.25. The van der Waals surface area contributed by atoms with Crippen molar-refractivity contribution in [3.8, 4) is 11.3 Å². The fourth-order valence-electron chi connectivity index (χ4n) is 1.33. The second kappa shape index (κ2) is 3.76. The van der Waals surface area contributed by atoms with E-state index in [1.165, 1.54) is 0 Å². The van der Waals surface area contributed by atoms with Crippen LogP contribution in [-0.4, -0.2) is 5.16 Å². The predicted octanol–water partition coefficient (Wildman–Crippen LogP) is 3.08. The van der Waals surface area contributed by atoms with E-state index in [0.717, 1.165) is 6.20 Å². The highest BCUT2D eigenvalue weighted by Gasteiger charge is 2.31. The summed E-state index contributed by atoms with van der Waals surface area (Å²) in [5, 5.41) is 3.28. The summed E-state index contributed by atoms with van der Waals surface area (Å²) in [6.45, 7) is 0. The Labute approximate surface area is 92.8 Å². The second-order valence-corrected chi connectivity index (χ2v) is 3.30. The number of hydrogen-bond acceptors (Lipinski definition) is 3. The summed E-state index contributed by atoms with van der Waals surface area (Å²) < 4.78 is 55.3. The number of alkyl halides is 3. The molecular formula is C10H6F4N2O. The molecule has 90 valence electrons. The van der Waals surface area contributed by atoms with Crippen molar-refractivity contribution in [1.29, 1.82) is 0 Å². The summed E-state index contributed by atoms with van der Waals surface area (Å²) in [6.07, 6.45) is -3.47. The molecule has 2 aromatic rings. The number of nitrogens with zero attached hydrogens (tertiary/aromatic N) is 1. The summed E-state index contributed by atoms with van der Waals surface area (Å²) >= 11 is 0. The summed E-state index contributed by atoms with van der Waals surface area (Å²) in [5.41, 5.74) is 4.02. The van der Waals surface area contributed by atoms with Crippen LogP contribution in [0.25, 0.3) is 11.3 Å². The Balaban J connectivity index is 2.58. The molecular weight excluding hydrogens is 240 g/mol. The molecule has 0 atom stereocenters. The molecule has 0 saturated carbocycles. The molecule has 17 heavy (non-hydrogen) atoms. The van der Waals surface area contributed by atoms with Gasteiger partial charge in [-0.15, -0.1) is 0 Å². The Morgan fingerprint density at radius 3 is 2.47 bits per heavy atom. The topological polar surface area (TPSA) is 52.0 Å². The molecule has 0 fully saturated rings. The van der Waals surface area contributed by atoms with Crippen LogP contribution in [0.1, 0.15) is 5.56 Å². The Bertz CT molecular complexity index is 547. The standard InChI is InChI=1S/C10H6F4N2O/c11-7-2-1-5(10(12,13)14)3-6(7)9-8(15)4-16-17-9/h1-4H,15H2. The summed E-state index contributed by atoms with van der Waals surface area (Å²) in [5.74, 6) is -1.07. The third-order valence-electron chi connectivity index (χ3n) is 2.14. The van der Waals surface area contributed by atoms with Crippen molar-refractivity contribution in [2.24, 2.45) is 0 Å². The van der Waals surface area contributed by atoms with Crippen LogP contribution in [-0.2, 0) is 6.18 Å². The van der Waals surface area contributed by atoms with Gasteiger partial charge in [0.1, 0.15) is 11.5 Å². The average Bonchev–Trinajstić information content (AvgIpc) is 2.63.